The maximum Gasteiger partial charge on any atom is 0.0915 e. The molecule has 2 N–H and O–H groups in total. The summed E-state index contributed by atoms with van der Waals surface area (Å²) in [5.74, 6) is 0. The third-order valence-corrected chi connectivity index (χ3v) is 4.53. The number of rotatable bonds is 4. The second-order valence-corrected chi connectivity index (χ2v) is 6.39. The van der Waals surface area contributed by atoms with Crippen molar-refractivity contribution < 1.29 is 10.2 Å². The van der Waals surface area contributed by atoms with Crippen LogP contribution in [0.5, 0.6) is 0 Å². The zero-order valence-corrected chi connectivity index (χ0v) is 11.8. The molecule has 104 valence electrons. The third kappa shape index (κ3) is 3.07. The Bertz CT molecular complexity index is 442. The SMILES string of the molecule is CC(C)(CCC1(O)C=CC=CC1)C1(O)C=CC=CC1. The van der Waals surface area contributed by atoms with E-state index in [-0.39, 0.29) is 5.41 Å². The van der Waals surface area contributed by atoms with Gasteiger partial charge in [0.25, 0.3) is 0 Å². The summed E-state index contributed by atoms with van der Waals surface area (Å²) >= 11 is 0. The van der Waals surface area contributed by atoms with E-state index in [4.69, 9.17) is 0 Å². The molecule has 0 amide bonds. The molecule has 0 saturated carbocycles. The van der Waals surface area contributed by atoms with Gasteiger partial charge in [0, 0.05) is 0 Å². The molecule has 2 aliphatic carbocycles. The Hall–Kier alpha value is -1.12. The maximum absolute atomic E-state index is 10.8. The molecule has 0 heterocycles. The zero-order valence-electron chi connectivity index (χ0n) is 11.8. The Kier molecular flexibility index (Phi) is 3.84. The van der Waals surface area contributed by atoms with Gasteiger partial charge in [-0.25, -0.2) is 0 Å². The van der Waals surface area contributed by atoms with E-state index in [1.807, 2.05) is 48.6 Å². The first-order valence-corrected chi connectivity index (χ1v) is 7.01. The average Bonchev–Trinajstić information content (AvgIpc) is 2.38. The van der Waals surface area contributed by atoms with Crippen LogP contribution in [0.4, 0.5) is 0 Å². The molecule has 2 aliphatic rings. The van der Waals surface area contributed by atoms with Crippen LogP contribution in [0.3, 0.4) is 0 Å². The third-order valence-electron chi connectivity index (χ3n) is 4.53. The lowest BCUT2D eigenvalue weighted by Gasteiger charge is -2.43. The first-order valence-electron chi connectivity index (χ1n) is 7.01. The smallest absolute Gasteiger partial charge is 0.0915 e. The number of allylic oxidation sites excluding steroid dienone is 4. The molecule has 2 nitrogen and oxygen atoms in total. The van der Waals surface area contributed by atoms with Crippen molar-refractivity contribution in [3.05, 3.63) is 48.6 Å². The van der Waals surface area contributed by atoms with Gasteiger partial charge in [-0.15, -0.1) is 0 Å². The fraction of sp³-hybridized carbons (Fsp3) is 0.529. The van der Waals surface area contributed by atoms with Crippen LogP contribution in [-0.2, 0) is 0 Å². The molecule has 19 heavy (non-hydrogen) atoms. The summed E-state index contributed by atoms with van der Waals surface area (Å²) in [6.07, 6.45) is 18.2. The minimum Gasteiger partial charge on any atom is -0.385 e. The lowest BCUT2D eigenvalue weighted by atomic mass is 9.67. The van der Waals surface area contributed by atoms with E-state index < -0.39 is 11.2 Å². The average molecular weight is 260 g/mol. The van der Waals surface area contributed by atoms with Crippen LogP contribution in [0.15, 0.2) is 48.6 Å². The Morgan fingerprint density at radius 2 is 1.58 bits per heavy atom. The molecule has 0 radical (unpaired) electrons. The van der Waals surface area contributed by atoms with Gasteiger partial charge in [0.15, 0.2) is 0 Å². The quantitative estimate of drug-likeness (QED) is 0.814. The van der Waals surface area contributed by atoms with E-state index in [0.717, 1.165) is 6.42 Å². The minimum atomic E-state index is -0.813. The van der Waals surface area contributed by atoms with Crippen LogP contribution in [0.1, 0.15) is 39.5 Å². The Morgan fingerprint density at radius 3 is 2.11 bits per heavy atom. The van der Waals surface area contributed by atoms with Gasteiger partial charge in [-0.05, 0) is 31.1 Å². The predicted molar refractivity (Wildman–Crippen MR) is 78.7 cm³/mol. The van der Waals surface area contributed by atoms with E-state index in [0.29, 0.717) is 19.3 Å². The number of hydrogen-bond donors (Lipinski definition) is 2. The topological polar surface area (TPSA) is 40.5 Å². The van der Waals surface area contributed by atoms with Crippen LogP contribution in [0.2, 0.25) is 0 Å². The largest absolute Gasteiger partial charge is 0.385 e. The van der Waals surface area contributed by atoms with Crippen molar-refractivity contribution in [2.24, 2.45) is 5.41 Å². The van der Waals surface area contributed by atoms with Crippen LogP contribution < -0.4 is 0 Å². The fourth-order valence-corrected chi connectivity index (χ4v) is 2.70. The predicted octanol–water partition coefficient (Wildman–Crippen LogP) is 3.29. The summed E-state index contributed by atoms with van der Waals surface area (Å²) < 4.78 is 0. The van der Waals surface area contributed by atoms with E-state index >= 15 is 0 Å². The van der Waals surface area contributed by atoms with Crippen molar-refractivity contribution in [2.45, 2.75) is 50.7 Å². The van der Waals surface area contributed by atoms with Gasteiger partial charge in [-0.2, -0.15) is 0 Å². The minimum absolute atomic E-state index is 0.265. The van der Waals surface area contributed by atoms with Crippen molar-refractivity contribution in [1.82, 2.24) is 0 Å². The molecule has 0 fully saturated rings. The normalized spacial score (nSPS) is 33.9. The van der Waals surface area contributed by atoms with Crippen LogP contribution >= 0.6 is 0 Å². The fourth-order valence-electron chi connectivity index (χ4n) is 2.70. The molecule has 0 saturated heterocycles. The molecule has 0 aromatic rings. The molecule has 0 aliphatic heterocycles. The van der Waals surface area contributed by atoms with Crippen molar-refractivity contribution in [2.75, 3.05) is 0 Å². The highest BCUT2D eigenvalue weighted by molar-refractivity contribution is 5.22. The summed E-state index contributed by atoms with van der Waals surface area (Å²) in [4.78, 5) is 0. The van der Waals surface area contributed by atoms with Crippen molar-refractivity contribution in [1.29, 1.82) is 0 Å². The highest BCUT2D eigenvalue weighted by Gasteiger charge is 2.42. The summed E-state index contributed by atoms with van der Waals surface area (Å²) in [6, 6.07) is 0. The Balaban J connectivity index is 2.01. The van der Waals surface area contributed by atoms with Crippen molar-refractivity contribution in [3.63, 3.8) is 0 Å². The van der Waals surface area contributed by atoms with Gasteiger partial charge in [0.2, 0.25) is 0 Å². The van der Waals surface area contributed by atoms with Gasteiger partial charge in [0.1, 0.15) is 0 Å². The first-order chi connectivity index (χ1) is 8.87. The van der Waals surface area contributed by atoms with Gasteiger partial charge in [0.05, 0.1) is 11.2 Å². The highest BCUT2D eigenvalue weighted by Crippen LogP contribution is 2.42. The Morgan fingerprint density at radius 1 is 0.947 bits per heavy atom. The zero-order chi connectivity index (χ0) is 14.0. The molecule has 0 aromatic carbocycles. The molecule has 2 unspecified atom stereocenters. The molecule has 0 bridgehead atoms. The van der Waals surface area contributed by atoms with E-state index in [2.05, 4.69) is 13.8 Å². The molecular weight excluding hydrogens is 236 g/mol. The van der Waals surface area contributed by atoms with E-state index in [1.165, 1.54) is 0 Å². The summed E-state index contributed by atoms with van der Waals surface area (Å²) in [5.41, 5.74) is -1.83. The second-order valence-electron chi connectivity index (χ2n) is 6.39. The molecule has 0 spiro atoms. The number of hydrogen-bond acceptors (Lipinski definition) is 2. The van der Waals surface area contributed by atoms with Crippen LogP contribution in [0.25, 0.3) is 0 Å². The van der Waals surface area contributed by atoms with Crippen molar-refractivity contribution in [3.8, 4) is 0 Å². The second kappa shape index (κ2) is 5.10. The molecule has 2 atom stereocenters. The van der Waals surface area contributed by atoms with Gasteiger partial charge < -0.3 is 10.2 Å². The Labute approximate surface area is 115 Å². The molecular formula is C17H24O2. The monoisotopic (exact) mass is 260 g/mol. The standard InChI is InChI=1S/C17H24O2/c1-15(2,17(19)11-7-4-8-12-17)13-14-16(18)9-5-3-6-10-16/h3-9,11,18-19H,10,12-14H2,1-2H3. The number of aliphatic hydroxyl groups is 2. The van der Waals surface area contributed by atoms with Gasteiger partial charge in [-0.1, -0.05) is 62.5 Å². The first kappa shape index (κ1) is 14.3. The lowest BCUT2D eigenvalue weighted by Crippen LogP contribution is -2.44. The molecule has 0 aromatic heterocycles. The molecule has 2 rings (SSSR count). The van der Waals surface area contributed by atoms with Gasteiger partial charge in [-0.3, -0.25) is 0 Å². The summed E-state index contributed by atoms with van der Waals surface area (Å²) in [5, 5.41) is 21.2. The lowest BCUT2D eigenvalue weighted by molar-refractivity contribution is -0.0402. The summed E-state index contributed by atoms with van der Waals surface area (Å²) in [6.45, 7) is 4.14. The van der Waals surface area contributed by atoms with Crippen LogP contribution in [-0.4, -0.2) is 21.4 Å². The van der Waals surface area contributed by atoms with Gasteiger partial charge >= 0.3 is 0 Å². The molecule has 2 heteroatoms. The van der Waals surface area contributed by atoms with E-state index in [9.17, 15) is 10.2 Å². The van der Waals surface area contributed by atoms with Crippen molar-refractivity contribution >= 4 is 0 Å². The summed E-state index contributed by atoms with van der Waals surface area (Å²) in [7, 11) is 0. The maximum atomic E-state index is 10.8. The van der Waals surface area contributed by atoms with Crippen LogP contribution in [0, 0.1) is 5.41 Å². The highest BCUT2D eigenvalue weighted by atomic mass is 16.3. The van der Waals surface area contributed by atoms with E-state index in [1.54, 1.807) is 0 Å².